The first-order valence-electron chi connectivity index (χ1n) is 23.1. The lowest BCUT2D eigenvalue weighted by molar-refractivity contribution is -0.314. The zero-order valence-corrected chi connectivity index (χ0v) is 38.0. The van der Waals surface area contributed by atoms with Gasteiger partial charge in [0.05, 0.1) is 42.9 Å². The smallest absolute Gasteiger partial charge is 0.306 e. The number of anilines is 1. The number of hydrogen-bond acceptors (Lipinski definition) is 12. The number of ether oxygens (including phenoxy) is 8. The van der Waals surface area contributed by atoms with E-state index in [1.54, 1.807) is 27.4 Å². The number of hydrogen-bond donors (Lipinski definition) is 0. The van der Waals surface area contributed by atoms with Crippen molar-refractivity contribution in [3.63, 3.8) is 0 Å². The number of nitrogens with zero attached hydrogens (tertiary/aromatic N) is 2. The number of aryl methyl sites for hydroxylation is 1. The van der Waals surface area contributed by atoms with Crippen molar-refractivity contribution < 1.29 is 51.9 Å². The summed E-state index contributed by atoms with van der Waals surface area (Å²) >= 11 is 0. The van der Waals surface area contributed by atoms with Crippen molar-refractivity contribution in [1.29, 1.82) is 0 Å². The van der Waals surface area contributed by atoms with Gasteiger partial charge in [-0.25, -0.2) is 4.39 Å². The van der Waals surface area contributed by atoms with Crippen molar-refractivity contribution in [2.75, 3.05) is 40.3 Å². The Kier molecular flexibility index (Phi) is 13.7. The fourth-order valence-corrected chi connectivity index (χ4v) is 12.8. The van der Waals surface area contributed by atoms with Crippen molar-refractivity contribution in [1.82, 2.24) is 4.90 Å². The molecule has 340 valence electrons. The summed E-state index contributed by atoms with van der Waals surface area (Å²) in [7, 11) is 9.11. The molecule has 1 aromatic rings. The fourth-order valence-electron chi connectivity index (χ4n) is 12.8. The highest BCUT2D eigenvalue weighted by Crippen LogP contribution is 2.65. The average molecular weight is 855 g/mol. The van der Waals surface area contributed by atoms with Crippen molar-refractivity contribution >= 4 is 17.4 Å². The number of cyclic esters (lactones) is 1. The van der Waals surface area contributed by atoms with Gasteiger partial charge in [0.2, 0.25) is 0 Å². The topological polar surface area (TPSA) is 114 Å². The van der Waals surface area contributed by atoms with E-state index in [1.165, 1.54) is 6.07 Å². The number of esters is 1. The number of likely N-dealkylation sites (N-methyl/N-ethyl adjacent to an activating group) is 1. The Morgan fingerprint density at radius 3 is 2.30 bits per heavy atom. The van der Waals surface area contributed by atoms with E-state index in [0.29, 0.717) is 25.3 Å². The molecule has 0 bridgehead atoms. The predicted molar refractivity (Wildman–Crippen MR) is 226 cm³/mol. The van der Waals surface area contributed by atoms with E-state index < -0.39 is 24.6 Å². The molecule has 4 heterocycles. The molecule has 13 heteroatoms. The van der Waals surface area contributed by atoms with Crippen LogP contribution in [0.5, 0.6) is 0 Å². The van der Waals surface area contributed by atoms with Crippen LogP contribution in [-0.2, 0) is 47.5 Å². The second-order valence-corrected chi connectivity index (χ2v) is 19.4. The predicted octanol–water partition coefficient (Wildman–Crippen LogP) is 6.64. The zero-order chi connectivity index (χ0) is 43.4. The highest BCUT2D eigenvalue weighted by atomic mass is 19.1. The summed E-state index contributed by atoms with van der Waals surface area (Å²) in [6.07, 6.45) is 5.17. The van der Waals surface area contributed by atoms with Crippen LogP contribution in [0.25, 0.3) is 0 Å². The lowest BCUT2D eigenvalue weighted by Gasteiger charge is -2.44. The lowest BCUT2D eigenvalue weighted by Crippen LogP contribution is -2.59. The van der Waals surface area contributed by atoms with Gasteiger partial charge in [-0.15, -0.1) is 0 Å². The number of methoxy groups -OCH3 is 3. The molecule has 3 unspecified atom stereocenters. The Hall–Kier alpha value is -2.49. The van der Waals surface area contributed by atoms with Crippen LogP contribution in [0.4, 0.5) is 10.1 Å². The molecular weight excluding hydrogens is 784 g/mol. The summed E-state index contributed by atoms with van der Waals surface area (Å²) in [5, 5.41) is 0. The van der Waals surface area contributed by atoms with Crippen LogP contribution < -0.4 is 4.90 Å². The third-order valence-electron chi connectivity index (χ3n) is 15.9. The van der Waals surface area contributed by atoms with Gasteiger partial charge in [0, 0.05) is 44.9 Å². The number of rotatable bonds is 10. The molecule has 8 rings (SSSR count). The van der Waals surface area contributed by atoms with Crippen LogP contribution in [0.1, 0.15) is 91.0 Å². The molecule has 1 aromatic carbocycles. The minimum atomic E-state index is -0.670. The number of benzene rings is 1. The van der Waals surface area contributed by atoms with Crippen LogP contribution in [0, 0.1) is 48.2 Å². The summed E-state index contributed by atoms with van der Waals surface area (Å²) in [4.78, 5) is 33.8. The number of ketones is 1. The number of fused-ring (bicyclic) bond motifs is 8. The summed E-state index contributed by atoms with van der Waals surface area (Å²) in [5.74, 6) is -0.954. The van der Waals surface area contributed by atoms with Crippen LogP contribution >= 0.6 is 0 Å². The van der Waals surface area contributed by atoms with Crippen LogP contribution in [0.15, 0.2) is 29.8 Å². The van der Waals surface area contributed by atoms with Crippen molar-refractivity contribution in [3.8, 4) is 0 Å². The highest BCUT2D eigenvalue weighted by molar-refractivity contribution is 5.99. The van der Waals surface area contributed by atoms with Crippen LogP contribution in [-0.4, -0.2) is 132 Å². The second-order valence-electron chi connectivity index (χ2n) is 19.4. The highest BCUT2D eigenvalue weighted by Gasteiger charge is 2.69. The molecule has 0 N–H and O–H groups in total. The third kappa shape index (κ3) is 8.60. The molecule has 3 aliphatic carbocycles. The Morgan fingerprint density at radius 1 is 0.869 bits per heavy atom. The van der Waals surface area contributed by atoms with Gasteiger partial charge in [-0.1, -0.05) is 26.0 Å². The van der Waals surface area contributed by atoms with E-state index in [-0.39, 0.29) is 108 Å². The second kappa shape index (κ2) is 18.5. The number of allylic oxidation sites excluding steroid dienone is 2. The lowest BCUT2D eigenvalue weighted by atomic mass is 9.66. The molecule has 0 amide bonds. The maximum absolute atomic E-state index is 15.2. The van der Waals surface area contributed by atoms with Crippen molar-refractivity contribution in [3.05, 3.63) is 41.2 Å². The maximum atomic E-state index is 15.2. The maximum Gasteiger partial charge on any atom is 0.306 e. The summed E-state index contributed by atoms with van der Waals surface area (Å²) in [6.45, 7) is 10.2. The van der Waals surface area contributed by atoms with E-state index >= 15 is 9.18 Å². The van der Waals surface area contributed by atoms with E-state index in [1.807, 2.05) is 26.8 Å². The van der Waals surface area contributed by atoms with E-state index in [9.17, 15) is 4.79 Å². The molecule has 12 nitrogen and oxygen atoms in total. The van der Waals surface area contributed by atoms with Gasteiger partial charge in [-0.3, -0.25) is 9.59 Å². The minimum absolute atomic E-state index is 0.000367. The molecule has 0 aromatic heterocycles. The van der Waals surface area contributed by atoms with E-state index in [2.05, 4.69) is 43.8 Å². The molecule has 6 fully saturated rings. The van der Waals surface area contributed by atoms with Gasteiger partial charge in [0.25, 0.3) is 0 Å². The minimum Gasteiger partial charge on any atom is -0.462 e. The van der Waals surface area contributed by atoms with Gasteiger partial charge in [0.15, 0.2) is 18.4 Å². The number of carbonyl (C=O) groups excluding carboxylic acids is 2. The first-order chi connectivity index (χ1) is 29.3. The Balaban J connectivity index is 1.12. The molecule has 2 saturated carbocycles. The first-order valence-corrected chi connectivity index (χ1v) is 23.1. The molecule has 61 heavy (non-hydrogen) atoms. The zero-order valence-electron chi connectivity index (χ0n) is 38.0. The fraction of sp³-hybridized carbons (Fsp3) is 0.792. The van der Waals surface area contributed by atoms with E-state index in [0.717, 1.165) is 48.9 Å². The van der Waals surface area contributed by atoms with Gasteiger partial charge in [-0.05, 0) is 133 Å². The molecular formula is C48H71FN2O10. The standard InChI is InChI=1S/C48H71FN2O10/c1-11-29-13-12-14-38(61-40-18-17-36(50(6)7)26(4)57-40)25(3)44(53)35-22-32-31-20-30(60-48-47(56-10)46(55-9)45(54-8)27(5)58-48)21-34(31)42-43(41(32)33(35)23-39(52)59-29)51(42)37-19-28(49)16-15-24(37)2/h15-16,19,22,25-27,29-34,36,38,40-43,45-48H,11-14,17-18,20-21,23H2,1-10H3/t25-,26?,27?,29+,30+,31+,32+,33-,34-,36+,38+,40+,41-,42+,43-,45+,46?,47+,48+,51?/m1/s1. The Labute approximate surface area is 362 Å². The number of carbonyl (C=O) groups is 2. The Bertz CT molecular complexity index is 1760. The SMILES string of the molecule is CC[C@H]1CCC[C@H](O[C@H]2CC[C@H](N(C)C)C(C)O2)[C@@H](C)C(=O)C2=C[C@H]3[C@@H]4C[C@H](O[C@@H]5OC(C)[C@H](OC)C(OC)[C@@H]5OC)C[C@H]4[C@H]4[C@@H]([C@H]3[C@@H]2CC(=O)O1)N4c1cc(F)ccc1C. The number of halogens is 1. The summed E-state index contributed by atoms with van der Waals surface area (Å²) in [5.41, 5.74) is 2.59. The van der Waals surface area contributed by atoms with Gasteiger partial charge in [-0.2, -0.15) is 0 Å². The Morgan fingerprint density at radius 2 is 1.61 bits per heavy atom. The van der Waals surface area contributed by atoms with E-state index in [4.69, 9.17) is 37.9 Å². The van der Waals surface area contributed by atoms with Crippen LogP contribution in [0.3, 0.4) is 0 Å². The molecule has 7 aliphatic rings. The average Bonchev–Trinajstić information content (AvgIpc) is 3.62. The monoisotopic (exact) mass is 855 g/mol. The van der Waals surface area contributed by atoms with Gasteiger partial charge >= 0.3 is 5.97 Å². The molecule has 4 saturated heterocycles. The number of Topliss-reactive ketones (excluding diaryl/α,β-unsaturated/α-hetero) is 1. The van der Waals surface area contributed by atoms with Crippen molar-refractivity contribution in [2.45, 2.75) is 172 Å². The first kappa shape index (κ1) is 45.1. The van der Waals surface area contributed by atoms with Crippen molar-refractivity contribution in [2.24, 2.45) is 35.5 Å². The van der Waals surface area contributed by atoms with Gasteiger partial charge in [0.1, 0.15) is 30.2 Å². The normalized spacial score (nSPS) is 44.0. The van der Waals surface area contributed by atoms with Crippen LogP contribution in [0.2, 0.25) is 0 Å². The van der Waals surface area contributed by atoms with Gasteiger partial charge < -0.3 is 47.7 Å². The largest absolute Gasteiger partial charge is 0.462 e. The molecule has 0 spiro atoms. The third-order valence-corrected chi connectivity index (χ3v) is 15.9. The quantitative estimate of drug-likeness (QED) is 0.186. The molecule has 0 radical (unpaired) electrons. The summed E-state index contributed by atoms with van der Waals surface area (Å²) in [6, 6.07) is 5.42. The molecule has 4 aliphatic heterocycles. The summed E-state index contributed by atoms with van der Waals surface area (Å²) < 4.78 is 65.5. The molecule has 19 atom stereocenters.